The first-order valence-electron chi connectivity index (χ1n) is 3.59. The molecule has 0 spiro atoms. The molecule has 55 valence electrons. The fraction of sp³-hybridized carbons (Fsp3) is 0.444. The molecule has 0 aliphatic rings. The summed E-state index contributed by atoms with van der Waals surface area (Å²) in [4.78, 5) is 9.66. The maximum atomic E-state index is 9.66. The minimum absolute atomic E-state index is 0.842. The number of hydrogen-bond donors (Lipinski definition) is 0. The molecule has 0 heterocycles. The molecule has 1 heteroatoms. The molecule has 0 aromatic heterocycles. The molecular weight excluding hydrogens is 124 g/mol. The lowest BCUT2D eigenvalue weighted by Crippen LogP contribution is -1.63. The van der Waals surface area contributed by atoms with Crippen molar-refractivity contribution in [1.29, 1.82) is 0 Å². The van der Waals surface area contributed by atoms with Crippen LogP contribution in [-0.2, 0) is 4.79 Å². The quantitative estimate of drug-likeness (QED) is 0.420. The van der Waals surface area contributed by atoms with Crippen LogP contribution in [0.3, 0.4) is 0 Å². The van der Waals surface area contributed by atoms with Gasteiger partial charge in [-0.1, -0.05) is 31.6 Å². The van der Waals surface area contributed by atoms with Crippen LogP contribution < -0.4 is 0 Å². The van der Waals surface area contributed by atoms with Gasteiger partial charge in [0.25, 0.3) is 0 Å². The van der Waals surface area contributed by atoms with Crippen molar-refractivity contribution in [2.75, 3.05) is 0 Å². The lowest BCUT2D eigenvalue weighted by atomic mass is 10.3. The number of rotatable bonds is 5. The molecule has 0 rings (SSSR count). The Balaban J connectivity index is 3.17. The van der Waals surface area contributed by atoms with Crippen LogP contribution in [0, 0.1) is 0 Å². The third-order valence-corrected chi connectivity index (χ3v) is 1.08. The molecule has 0 saturated carbocycles. The van der Waals surface area contributed by atoms with E-state index in [1.807, 2.05) is 0 Å². The van der Waals surface area contributed by atoms with Gasteiger partial charge in [0.15, 0.2) is 0 Å². The topological polar surface area (TPSA) is 17.1 Å². The average molecular weight is 137 g/mol. The first-order chi connectivity index (χ1) is 4.91. The van der Waals surface area contributed by atoms with E-state index >= 15 is 0 Å². The molecule has 10 heavy (non-hydrogen) atoms. The van der Waals surface area contributed by atoms with E-state index in [0.29, 0.717) is 0 Å². The Morgan fingerprint density at radius 3 is 2.70 bits per heavy atom. The van der Waals surface area contributed by atoms with E-state index in [1.54, 1.807) is 12.4 Å². The van der Waals surface area contributed by atoms with Crippen LogP contribution in [0.1, 0.15) is 26.2 Å². The molecule has 0 aromatic carbocycles. The maximum absolute atomic E-state index is 9.66. The second kappa shape index (κ2) is 8.15. The van der Waals surface area contributed by atoms with Crippen molar-refractivity contribution in [1.82, 2.24) is 0 Å². The number of hydrogen-bond acceptors (Lipinski definition) is 1. The van der Waals surface area contributed by atoms with E-state index in [9.17, 15) is 4.79 Å². The Kier molecular flexibility index (Phi) is 7.46. The Labute approximate surface area is 62.4 Å². The molecular formula is C9H13O. The molecule has 1 radical (unpaired) electrons. The molecule has 0 atom stereocenters. The van der Waals surface area contributed by atoms with E-state index in [1.165, 1.54) is 12.5 Å². The van der Waals surface area contributed by atoms with Gasteiger partial charge in [0.1, 0.15) is 0 Å². The van der Waals surface area contributed by atoms with Gasteiger partial charge in [-0.3, -0.25) is 4.79 Å². The molecule has 0 aliphatic carbocycles. The zero-order valence-corrected chi connectivity index (χ0v) is 6.34. The van der Waals surface area contributed by atoms with E-state index in [4.69, 9.17) is 0 Å². The molecule has 0 fully saturated rings. The van der Waals surface area contributed by atoms with Gasteiger partial charge in [-0.05, 0) is 18.9 Å². The first kappa shape index (κ1) is 9.15. The highest BCUT2D eigenvalue weighted by molar-refractivity contribution is 5.65. The van der Waals surface area contributed by atoms with Gasteiger partial charge in [-0.25, -0.2) is 0 Å². The Hall–Kier alpha value is -0.850. The van der Waals surface area contributed by atoms with Crippen molar-refractivity contribution in [3.63, 3.8) is 0 Å². The Morgan fingerprint density at radius 1 is 1.30 bits per heavy atom. The summed E-state index contributed by atoms with van der Waals surface area (Å²) in [6.07, 6.45) is 12.2. The SMILES string of the molecule is CCC/C=C/C/C=C/[C]=O. The lowest BCUT2D eigenvalue weighted by molar-refractivity contribution is 0.564. The number of unbranched alkanes of at least 4 members (excludes halogenated alkanes) is 1. The first-order valence-corrected chi connectivity index (χ1v) is 3.59. The fourth-order valence-electron chi connectivity index (χ4n) is 0.575. The van der Waals surface area contributed by atoms with Crippen LogP contribution in [0.2, 0.25) is 0 Å². The van der Waals surface area contributed by atoms with Crippen LogP contribution in [-0.4, -0.2) is 6.29 Å². The van der Waals surface area contributed by atoms with Crippen molar-refractivity contribution in [3.8, 4) is 0 Å². The van der Waals surface area contributed by atoms with Crippen LogP contribution in [0.15, 0.2) is 24.3 Å². The van der Waals surface area contributed by atoms with Crippen molar-refractivity contribution >= 4 is 6.29 Å². The number of carbonyl (C=O) groups excluding carboxylic acids is 1. The summed E-state index contributed by atoms with van der Waals surface area (Å²) in [6.45, 7) is 2.14. The normalized spacial score (nSPS) is 11.3. The Morgan fingerprint density at radius 2 is 2.10 bits per heavy atom. The average Bonchev–Trinajstić information content (AvgIpc) is 1.97. The van der Waals surface area contributed by atoms with Crippen molar-refractivity contribution < 1.29 is 4.79 Å². The summed E-state index contributed by atoms with van der Waals surface area (Å²) in [5.41, 5.74) is 0. The van der Waals surface area contributed by atoms with Crippen LogP contribution >= 0.6 is 0 Å². The van der Waals surface area contributed by atoms with Crippen molar-refractivity contribution in [3.05, 3.63) is 24.3 Å². The van der Waals surface area contributed by atoms with Gasteiger partial charge in [-0.2, -0.15) is 0 Å². The van der Waals surface area contributed by atoms with Crippen molar-refractivity contribution in [2.45, 2.75) is 26.2 Å². The monoisotopic (exact) mass is 137 g/mol. The molecule has 0 N–H and O–H groups in total. The molecule has 0 aliphatic heterocycles. The highest BCUT2D eigenvalue weighted by atomic mass is 16.1. The molecule has 1 nitrogen and oxygen atoms in total. The largest absolute Gasteiger partial charge is 0.286 e. The van der Waals surface area contributed by atoms with Gasteiger partial charge in [0.05, 0.1) is 0 Å². The van der Waals surface area contributed by atoms with E-state index < -0.39 is 0 Å². The molecule has 0 unspecified atom stereocenters. The summed E-state index contributed by atoms with van der Waals surface area (Å²) in [5.74, 6) is 0. The predicted octanol–water partition coefficient (Wildman–Crippen LogP) is 2.40. The summed E-state index contributed by atoms with van der Waals surface area (Å²) < 4.78 is 0. The maximum Gasteiger partial charge on any atom is 0.225 e. The van der Waals surface area contributed by atoms with Crippen LogP contribution in [0.25, 0.3) is 0 Å². The van der Waals surface area contributed by atoms with Crippen LogP contribution in [0.5, 0.6) is 0 Å². The highest BCUT2D eigenvalue weighted by Crippen LogP contribution is 1.91. The molecule has 0 aromatic rings. The van der Waals surface area contributed by atoms with Crippen molar-refractivity contribution in [2.24, 2.45) is 0 Å². The molecule has 0 saturated heterocycles. The van der Waals surface area contributed by atoms with E-state index in [0.717, 1.165) is 12.8 Å². The van der Waals surface area contributed by atoms with Crippen LogP contribution in [0.4, 0.5) is 0 Å². The number of allylic oxidation sites excluding steroid dienone is 4. The smallest absolute Gasteiger partial charge is 0.225 e. The zero-order valence-electron chi connectivity index (χ0n) is 6.34. The summed E-state index contributed by atoms with van der Waals surface area (Å²) >= 11 is 0. The minimum atomic E-state index is 0.842. The second-order valence-corrected chi connectivity index (χ2v) is 2.02. The van der Waals surface area contributed by atoms with E-state index in [-0.39, 0.29) is 0 Å². The van der Waals surface area contributed by atoms with Gasteiger partial charge in [-0.15, -0.1) is 0 Å². The predicted molar refractivity (Wildman–Crippen MR) is 43.5 cm³/mol. The fourth-order valence-corrected chi connectivity index (χ4v) is 0.575. The standard InChI is InChI=1S/C9H13O/c1-2-3-4-5-6-7-8-9-10/h4-5,7-8H,2-3,6H2,1H3/b5-4+,8-7+. The van der Waals surface area contributed by atoms with Gasteiger partial charge in [0, 0.05) is 0 Å². The summed E-state index contributed by atoms with van der Waals surface area (Å²) in [6, 6.07) is 0. The Bertz CT molecular complexity index is 123. The zero-order chi connectivity index (χ0) is 7.66. The lowest BCUT2D eigenvalue weighted by Gasteiger charge is -1.81. The third-order valence-electron chi connectivity index (χ3n) is 1.08. The summed E-state index contributed by atoms with van der Waals surface area (Å²) in [5, 5.41) is 0. The van der Waals surface area contributed by atoms with Gasteiger partial charge in [0.2, 0.25) is 6.29 Å². The highest BCUT2D eigenvalue weighted by Gasteiger charge is 1.72. The molecule has 0 amide bonds. The molecule has 0 bridgehead atoms. The summed E-state index contributed by atoms with van der Waals surface area (Å²) in [7, 11) is 0. The minimum Gasteiger partial charge on any atom is -0.286 e. The third kappa shape index (κ3) is 7.15. The van der Waals surface area contributed by atoms with Gasteiger partial charge < -0.3 is 0 Å². The van der Waals surface area contributed by atoms with E-state index in [2.05, 4.69) is 19.1 Å². The second-order valence-electron chi connectivity index (χ2n) is 2.02. The van der Waals surface area contributed by atoms with Gasteiger partial charge >= 0.3 is 0 Å².